The van der Waals surface area contributed by atoms with Crippen LogP contribution >= 0.6 is 0 Å². The summed E-state index contributed by atoms with van der Waals surface area (Å²) in [5.41, 5.74) is 6.20. The minimum atomic E-state index is -3.16. The highest BCUT2D eigenvalue weighted by molar-refractivity contribution is 7.91. The number of hydrogen-bond acceptors (Lipinski definition) is 5. The summed E-state index contributed by atoms with van der Waals surface area (Å²) in [6, 6.07) is 5.49. The molecule has 1 atom stereocenters. The molecule has 1 rings (SSSR count). The van der Waals surface area contributed by atoms with Crippen LogP contribution in [0.15, 0.2) is 24.3 Å². The molecule has 0 spiro atoms. The van der Waals surface area contributed by atoms with E-state index in [0.717, 1.165) is 5.56 Å². The van der Waals surface area contributed by atoms with E-state index in [9.17, 15) is 18.5 Å². The zero-order valence-electron chi connectivity index (χ0n) is 10.1. The van der Waals surface area contributed by atoms with Crippen molar-refractivity contribution in [2.24, 2.45) is 5.73 Å². The first-order valence-electron chi connectivity index (χ1n) is 5.49. The van der Waals surface area contributed by atoms with Crippen molar-refractivity contribution < 1.29 is 13.3 Å². The van der Waals surface area contributed by atoms with Crippen molar-refractivity contribution in [2.45, 2.75) is 19.4 Å². The fourth-order valence-electron chi connectivity index (χ4n) is 1.54. The second-order valence-electron chi connectivity index (χ2n) is 4.27. The van der Waals surface area contributed by atoms with Gasteiger partial charge in [0, 0.05) is 18.2 Å². The molecule has 0 saturated heterocycles. The predicted molar refractivity (Wildman–Crippen MR) is 69.1 cm³/mol. The molecule has 1 aromatic carbocycles. The van der Waals surface area contributed by atoms with Crippen molar-refractivity contribution >= 4 is 15.5 Å². The molecule has 18 heavy (non-hydrogen) atoms. The number of non-ortho nitro benzene ring substituents is 1. The van der Waals surface area contributed by atoms with E-state index in [-0.39, 0.29) is 23.2 Å². The summed E-state index contributed by atoms with van der Waals surface area (Å²) < 4.78 is 23.2. The lowest BCUT2D eigenvalue weighted by molar-refractivity contribution is -0.384. The molecule has 0 fully saturated rings. The van der Waals surface area contributed by atoms with Gasteiger partial charge in [-0.05, 0) is 18.9 Å². The molecule has 0 saturated carbocycles. The average Bonchev–Trinajstić information content (AvgIpc) is 2.25. The Morgan fingerprint density at radius 3 is 2.33 bits per heavy atom. The van der Waals surface area contributed by atoms with E-state index < -0.39 is 14.8 Å². The monoisotopic (exact) mass is 272 g/mol. The van der Waals surface area contributed by atoms with Gasteiger partial charge in [0.25, 0.3) is 5.69 Å². The third-order valence-corrected chi connectivity index (χ3v) is 4.23. The molecule has 0 amide bonds. The van der Waals surface area contributed by atoms with Crippen molar-refractivity contribution in [2.75, 3.05) is 11.5 Å². The quantitative estimate of drug-likeness (QED) is 0.612. The summed E-state index contributed by atoms with van der Waals surface area (Å²) in [6.07, 6.45) is 0.340. The molecular formula is C11H16N2O4S. The van der Waals surface area contributed by atoms with Gasteiger partial charge in [0.1, 0.15) is 0 Å². The Bertz CT molecular complexity index is 508. The third-order valence-electron chi connectivity index (χ3n) is 2.37. The van der Waals surface area contributed by atoms with Crippen LogP contribution in [0.25, 0.3) is 0 Å². The molecule has 2 N–H and O–H groups in total. The lowest BCUT2D eigenvalue weighted by Gasteiger charge is -2.06. The van der Waals surface area contributed by atoms with Crippen molar-refractivity contribution in [3.8, 4) is 0 Å². The molecule has 7 heteroatoms. The minimum absolute atomic E-state index is 0.00260. The van der Waals surface area contributed by atoms with E-state index in [1.165, 1.54) is 12.1 Å². The van der Waals surface area contributed by atoms with Gasteiger partial charge >= 0.3 is 0 Å². The summed E-state index contributed by atoms with van der Waals surface area (Å²) in [5.74, 6) is -0.0354. The Balaban J connectivity index is 2.61. The maximum atomic E-state index is 11.6. The predicted octanol–water partition coefficient (Wildman–Crippen LogP) is 0.899. The normalized spacial score (nSPS) is 13.2. The summed E-state index contributed by atoms with van der Waals surface area (Å²) in [7, 11) is -3.16. The van der Waals surface area contributed by atoms with Gasteiger partial charge in [0.2, 0.25) is 0 Å². The fraction of sp³-hybridized carbons (Fsp3) is 0.455. The number of nitrogens with zero attached hydrogens (tertiary/aromatic N) is 1. The number of nitro groups is 1. The SMILES string of the molecule is CC(N)CS(=O)(=O)CCc1ccc([N+](=O)[O-])cc1. The first-order chi connectivity index (χ1) is 8.30. The second kappa shape index (κ2) is 5.92. The van der Waals surface area contributed by atoms with Crippen LogP contribution in [0.1, 0.15) is 12.5 Å². The zero-order chi connectivity index (χ0) is 13.8. The van der Waals surface area contributed by atoms with E-state index in [0.29, 0.717) is 6.42 Å². The van der Waals surface area contributed by atoms with E-state index in [2.05, 4.69) is 0 Å². The zero-order valence-corrected chi connectivity index (χ0v) is 10.9. The number of sulfone groups is 1. The fourth-order valence-corrected chi connectivity index (χ4v) is 3.06. The Labute approximate surface area is 106 Å². The summed E-state index contributed by atoms with van der Waals surface area (Å²) in [6.45, 7) is 1.64. The van der Waals surface area contributed by atoms with Crippen molar-refractivity contribution in [3.63, 3.8) is 0 Å². The summed E-state index contributed by atoms with van der Waals surface area (Å²) >= 11 is 0. The second-order valence-corrected chi connectivity index (χ2v) is 6.49. The van der Waals surface area contributed by atoms with Crippen LogP contribution in [-0.4, -0.2) is 30.9 Å². The number of benzene rings is 1. The van der Waals surface area contributed by atoms with Crippen molar-refractivity contribution in [1.29, 1.82) is 0 Å². The van der Waals surface area contributed by atoms with Crippen LogP contribution in [0.3, 0.4) is 0 Å². The van der Waals surface area contributed by atoms with E-state index in [1.54, 1.807) is 19.1 Å². The third kappa shape index (κ3) is 4.80. The first-order valence-corrected chi connectivity index (χ1v) is 7.31. The highest BCUT2D eigenvalue weighted by atomic mass is 32.2. The van der Waals surface area contributed by atoms with Gasteiger partial charge in [-0.3, -0.25) is 10.1 Å². The number of nitrogens with two attached hydrogens (primary N) is 1. The Morgan fingerprint density at radius 1 is 1.33 bits per heavy atom. The molecule has 0 aliphatic heterocycles. The van der Waals surface area contributed by atoms with Gasteiger partial charge in [-0.25, -0.2) is 8.42 Å². The van der Waals surface area contributed by atoms with Gasteiger partial charge in [-0.15, -0.1) is 0 Å². The van der Waals surface area contributed by atoms with Crippen LogP contribution in [0.2, 0.25) is 0 Å². The van der Waals surface area contributed by atoms with Gasteiger partial charge in [0.05, 0.1) is 16.4 Å². The van der Waals surface area contributed by atoms with Crippen LogP contribution in [-0.2, 0) is 16.3 Å². The topological polar surface area (TPSA) is 103 Å². The van der Waals surface area contributed by atoms with E-state index >= 15 is 0 Å². The molecule has 1 unspecified atom stereocenters. The maximum absolute atomic E-state index is 11.6. The Kier molecular flexibility index (Phi) is 4.80. The molecule has 0 bridgehead atoms. The molecule has 0 radical (unpaired) electrons. The molecule has 1 aromatic rings. The van der Waals surface area contributed by atoms with E-state index in [1.807, 2.05) is 0 Å². The summed E-state index contributed by atoms with van der Waals surface area (Å²) in [4.78, 5) is 9.96. The largest absolute Gasteiger partial charge is 0.327 e. The molecule has 0 aliphatic carbocycles. The average molecular weight is 272 g/mol. The van der Waals surface area contributed by atoms with Crippen LogP contribution in [0.5, 0.6) is 0 Å². The van der Waals surface area contributed by atoms with Crippen LogP contribution in [0.4, 0.5) is 5.69 Å². The molecular weight excluding hydrogens is 256 g/mol. The maximum Gasteiger partial charge on any atom is 0.269 e. The van der Waals surface area contributed by atoms with Crippen molar-refractivity contribution in [1.82, 2.24) is 0 Å². The number of nitro benzene ring substituents is 1. The molecule has 100 valence electrons. The minimum Gasteiger partial charge on any atom is -0.327 e. The molecule has 0 aromatic heterocycles. The van der Waals surface area contributed by atoms with Crippen molar-refractivity contribution in [3.05, 3.63) is 39.9 Å². The van der Waals surface area contributed by atoms with Crippen LogP contribution < -0.4 is 5.73 Å². The Morgan fingerprint density at radius 2 is 1.89 bits per heavy atom. The van der Waals surface area contributed by atoms with Crippen LogP contribution in [0, 0.1) is 10.1 Å². The highest BCUT2D eigenvalue weighted by Crippen LogP contribution is 2.12. The molecule has 0 aliphatic rings. The smallest absolute Gasteiger partial charge is 0.269 e. The van der Waals surface area contributed by atoms with Gasteiger partial charge in [-0.2, -0.15) is 0 Å². The van der Waals surface area contributed by atoms with Gasteiger partial charge in [-0.1, -0.05) is 12.1 Å². The lowest BCUT2D eigenvalue weighted by Crippen LogP contribution is -2.28. The lowest BCUT2D eigenvalue weighted by atomic mass is 10.1. The van der Waals surface area contributed by atoms with Gasteiger partial charge in [0.15, 0.2) is 9.84 Å². The van der Waals surface area contributed by atoms with Gasteiger partial charge < -0.3 is 5.73 Å². The van der Waals surface area contributed by atoms with E-state index in [4.69, 9.17) is 5.73 Å². The molecule has 6 nitrogen and oxygen atoms in total. The summed E-state index contributed by atoms with van der Waals surface area (Å²) in [5, 5.41) is 10.4. The first kappa shape index (κ1) is 14.6. The number of aryl methyl sites for hydroxylation is 1. The number of hydrogen-bond donors (Lipinski definition) is 1. The number of rotatable bonds is 6. The highest BCUT2D eigenvalue weighted by Gasteiger charge is 2.13. The molecule has 0 heterocycles. The standard InChI is InChI=1S/C11H16N2O4S/c1-9(12)8-18(16,17)7-6-10-2-4-11(5-3-10)13(14)15/h2-5,9H,6-8,12H2,1H3. The Hall–Kier alpha value is -1.47.